The van der Waals surface area contributed by atoms with Crippen molar-refractivity contribution in [3.8, 4) is 0 Å². The molecule has 2 aromatic rings. The van der Waals surface area contributed by atoms with E-state index in [1.807, 2.05) is 0 Å². The van der Waals surface area contributed by atoms with Gasteiger partial charge in [0.15, 0.2) is 0 Å². The molecule has 1 aliphatic heterocycles. The molecule has 0 nitrogen and oxygen atoms in total. The van der Waals surface area contributed by atoms with E-state index < -0.39 is 16.6 Å². The summed E-state index contributed by atoms with van der Waals surface area (Å²) in [6.45, 7) is 23.9. The molecule has 0 amide bonds. The zero-order chi connectivity index (χ0) is 25.4. The molecule has 0 aromatic heterocycles. The molecule has 1 heterocycles. The Kier molecular flexibility index (Phi) is 9.14. The Morgan fingerprint density at radius 1 is 0.568 bits per heavy atom. The van der Waals surface area contributed by atoms with E-state index in [9.17, 15) is 0 Å². The van der Waals surface area contributed by atoms with E-state index >= 15 is 0 Å². The number of rotatable bonds is 6. The average Bonchev–Trinajstić information content (AvgIpc) is 3.36. The Morgan fingerprint density at radius 2 is 0.919 bits per heavy atom. The number of benzene rings is 2. The molecule has 2 atom stereocenters. The van der Waals surface area contributed by atoms with Crippen molar-refractivity contribution in [2.75, 3.05) is 0 Å². The SMILES string of the molecule is CC1=Cc2c(C(C)C)cc(C(C)C)cc2[CH]1[Ti+2]1([CH]2C(C)=Cc3c(C(C)C)cc(C(C)C)cc32)[CH2][CH2]1.[Cl-].[Cl-]. The summed E-state index contributed by atoms with van der Waals surface area (Å²) < 4.78 is 4.50. The van der Waals surface area contributed by atoms with Crippen LogP contribution in [0.1, 0.15) is 146 Å². The van der Waals surface area contributed by atoms with E-state index in [0.717, 1.165) is 8.45 Å². The van der Waals surface area contributed by atoms with Crippen LogP contribution in [0.15, 0.2) is 35.4 Å². The number of hydrogen-bond donors (Lipinski definition) is 0. The summed E-state index contributed by atoms with van der Waals surface area (Å²) in [6.07, 6.45) is 5.20. The number of halogens is 2. The molecular formula is C34H46Cl2Ti. The van der Waals surface area contributed by atoms with Gasteiger partial charge < -0.3 is 24.8 Å². The van der Waals surface area contributed by atoms with Gasteiger partial charge in [0.25, 0.3) is 0 Å². The first-order chi connectivity index (χ1) is 16.5. The monoisotopic (exact) mass is 572 g/mol. The molecule has 0 radical (unpaired) electrons. The van der Waals surface area contributed by atoms with Crippen LogP contribution in [0.25, 0.3) is 12.2 Å². The van der Waals surface area contributed by atoms with Crippen LogP contribution in [0.4, 0.5) is 0 Å². The minimum Gasteiger partial charge on any atom is -1.00 e. The average molecular weight is 574 g/mol. The van der Waals surface area contributed by atoms with Crippen molar-refractivity contribution in [3.63, 3.8) is 0 Å². The van der Waals surface area contributed by atoms with Gasteiger partial charge in [0.2, 0.25) is 0 Å². The standard InChI is InChI=1S/2C16H21.C2H4.2ClH.Ti/c2*1-10(2)13-8-14-6-12(5)7-16(14)15(9-13)11(3)4;1-2;;;/h2*6-11H,1-5H3;1-2H2;2*1H;/q;;;;;+2/p-2. The summed E-state index contributed by atoms with van der Waals surface area (Å²) in [7, 11) is 0. The summed E-state index contributed by atoms with van der Waals surface area (Å²) in [6, 6.07) is 10.3. The molecule has 37 heavy (non-hydrogen) atoms. The normalized spacial score (nSPS) is 20.2. The number of allylic oxidation sites excluding steroid dienone is 2. The number of fused-ring (bicyclic) bond motifs is 2. The first-order valence-electron chi connectivity index (χ1n) is 14.2. The van der Waals surface area contributed by atoms with Gasteiger partial charge in [0, 0.05) is 0 Å². The maximum Gasteiger partial charge on any atom is -1.00 e. The van der Waals surface area contributed by atoms with Gasteiger partial charge in [-0.05, 0) is 0 Å². The van der Waals surface area contributed by atoms with E-state index in [0.29, 0.717) is 23.7 Å². The minimum atomic E-state index is -2.25. The summed E-state index contributed by atoms with van der Waals surface area (Å²) in [4.78, 5) is 0. The smallest absolute Gasteiger partial charge is 1.00 e. The maximum absolute atomic E-state index is 2.63. The molecule has 2 aromatic carbocycles. The van der Waals surface area contributed by atoms with Gasteiger partial charge in [-0.25, -0.2) is 0 Å². The van der Waals surface area contributed by atoms with Crippen molar-refractivity contribution in [2.45, 2.75) is 111 Å². The van der Waals surface area contributed by atoms with Gasteiger partial charge in [-0.1, -0.05) is 0 Å². The van der Waals surface area contributed by atoms with Crippen LogP contribution in [0.2, 0.25) is 9.45 Å². The molecule has 1 saturated heterocycles. The third-order valence-electron chi connectivity index (χ3n) is 9.36. The van der Waals surface area contributed by atoms with E-state index in [-0.39, 0.29) is 24.8 Å². The fourth-order valence-electron chi connectivity index (χ4n) is 7.41. The van der Waals surface area contributed by atoms with Crippen molar-refractivity contribution in [3.05, 3.63) is 79.9 Å². The quantitative estimate of drug-likeness (QED) is 0.436. The van der Waals surface area contributed by atoms with Crippen molar-refractivity contribution < 1.29 is 41.4 Å². The Balaban J connectivity index is 0.00000190. The van der Waals surface area contributed by atoms with Gasteiger partial charge in [-0.2, -0.15) is 0 Å². The van der Waals surface area contributed by atoms with E-state index in [1.54, 1.807) is 55.7 Å². The second-order valence-corrected chi connectivity index (χ2v) is 20.4. The molecule has 2 unspecified atom stereocenters. The molecule has 0 spiro atoms. The topological polar surface area (TPSA) is 0 Å². The third kappa shape index (κ3) is 4.99. The summed E-state index contributed by atoms with van der Waals surface area (Å²) in [5.74, 6) is 2.31. The predicted molar refractivity (Wildman–Crippen MR) is 152 cm³/mol. The zero-order valence-electron chi connectivity index (χ0n) is 24.6. The number of hydrogen-bond acceptors (Lipinski definition) is 0. The van der Waals surface area contributed by atoms with Crippen LogP contribution < -0.4 is 24.8 Å². The van der Waals surface area contributed by atoms with E-state index in [2.05, 4.69) is 106 Å². The van der Waals surface area contributed by atoms with Crippen LogP contribution in [0, 0.1) is 0 Å². The van der Waals surface area contributed by atoms with Gasteiger partial charge in [-0.15, -0.1) is 0 Å². The fourth-order valence-corrected chi connectivity index (χ4v) is 17.8. The van der Waals surface area contributed by atoms with Crippen LogP contribution in [0.5, 0.6) is 0 Å². The molecule has 3 aliphatic rings. The maximum atomic E-state index is 2.63. The first-order valence-corrected chi connectivity index (χ1v) is 18.2. The molecule has 200 valence electrons. The fraction of sp³-hybridized carbons (Fsp3) is 0.529. The van der Waals surface area contributed by atoms with Crippen molar-refractivity contribution >= 4 is 12.2 Å². The van der Waals surface area contributed by atoms with E-state index in [1.165, 1.54) is 9.45 Å². The van der Waals surface area contributed by atoms with Crippen LogP contribution in [0.3, 0.4) is 0 Å². The van der Waals surface area contributed by atoms with Gasteiger partial charge in [-0.3, -0.25) is 0 Å². The Hall–Kier alpha value is -0.786. The largest absolute Gasteiger partial charge is 1.00 e. The second-order valence-electron chi connectivity index (χ2n) is 13.2. The Morgan fingerprint density at radius 3 is 1.19 bits per heavy atom. The molecule has 3 heteroatoms. The second kappa shape index (κ2) is 11.0. The molecular weight excluding hydrogens is 527 g/mol. The predicted octanol–water partition coefficient (Wildman–Crippen LogP) is 4.81. The van der Waals surface area contributed by atoms with Crippen molar-refractivity contribution in [2.24, 2.45) is 0 Å². The molecule has 1 fully saturated rings. The Bertz CT molecular complexity index is 1150. The van der Waals surface area contributed by atoms with Crippen molar-refractivity contribution in [1.82, 2.24) is 0 Å². The van der Waals surface area contributed by atoms with E-state index in [4.69, 9.17) is 0 Å². The van der Waals surface area contributed by atoms with Gasteiger partial charge in [0.1, 0.15) is 0 Å². The molecule has 5 rings (SSSR count). The first kappa shape index (κ1) is 30.8. The van der Waals surface area contributed by atoms with Gasteiger partial charge in [0.05, 0.1) is 0 Å². The Labute approximate surface area is 243 Å². The molecule has 2 aliphatic carbocycles. The van der Waals surface area contributed by atoms with Crippen LogP contribution in [-0.4, -0.2) is 0 Å². The van der Waals surface area contributed by atoms with Crippen LogP contribution in [-0.2, 0) is 16.6 Å². The minimum absolute atomic E-state index is 0. The van der Waals surface area contributed by atoms with Crippen LogP contribution >= 0.6 is 0 Å². The van der Waals surface area contributed by atoms with Crippen molar-refractivity contribution in [1.29, 1.82) is 0 Å². The zero-order valence-corrected chi connectivity index (χ0v) is 27.7. The summed E-state index contributed by atoms with van der Waals surface area (Å²) in [5, 5.41) is 0. The molecule has 0 saturated carbocycles. The molecule has 0 bridgehead atoms. The summed E-state index contributed by atoms with van der Waals surface area (Å²) in [5.41, 5.74) is 16.2. The third-order valence-corrected chi connectivity index (χ3v) is 17.9. The molecule has 0 N–H and O–H groups in total. The summed E-state index contributed by atoms with van der Waals surface area (Å²) >= 11 is -2.25. The van der Waals surface area contributed by atoms with Gasteiger partial charge >= 0.3 is 219 Å².